The van der Waals surface area contributed by atoms with Crippen LogP contribution in [0.2, 0.25) is 0 Å². The van der Waals surface area contributed by atoms with E-state index in [4.69, 9.17) is 16.3 Å². The van der Waals surface area contributed by atoms with Gasteiger partial charge in [0, 0.05) is 26.1 Å². The van der Waals surface area contributed by atoms with E-state index in [1.54, 1.807) is 7.11 Å². The second-order valence-corrected chi connectivity index (χ2v) is 5.02. The van der Waals surface area contributed by atoms with E-state index in [9.17, 15) is 0 Å². The lowest BCUT2D eigenvalue weighted by Gasteiger charge is -2.20. The molecular formula is C14H30ClNO. The van der Waals surface area contributed by atoms with Crippen LogP contribution in [0.5, 0.6) is 0 Å². The van der Waals surface area contributed by atoms with E-state index in [0.29, 0.717) is 0 Å². The van der Waals surface area contributed by atoms with Crippen LogP contribution in [-0.2, 0) is 4.74 Å². The van der Waals surface area contributed by atoms with Gasteiger partial charge in [0.15, 0.2) is 0 Å². The molecule has 2 nitrogen and oxygen atoms in total. The zero-order valence-electron chi connectivity index (χ0n) is 11.7. The van der Waals surface area contributed by atoms with Crippen molar-refractivity contribution in [2.45, 2.75) is 51.9 Å². The summed E-state index contributed by atoms with van der Waals surface area (Å²) in [7, 11) is 1.76. The van der Waals surface area contributed by atoms with Gasteiger partial charge in [-0.15, -0.1) is 11.6 Å². The first kappa shape index (κ1) is 17.2. The number of methoxy groups -OCH3 is 1. The van der Waals surface area contributed by atoms with Crippen LogP contribution in [0.25, 0.3) is 0 Å². The monoisotopic (exact) mass is 263 g/mol. The maximum Gasteiger partial charge on any atom is 0.0589 e. The number of hydrogen-bond acceptors (Lipinski definition) is 2. The molecule has 17 heavy (non-hydrogen) atoms. The van der Waals surface area contributed by atoms with Crippen LogP contribution in [0, 0.1) is 0 Å². The van der Waals surface area contributed by atoms with Crippen LogP contribution >= 0.6 is 11.6 Å². The molecule has 104 valence electrons. The van der Waals surface area contributed by atoms with Gasteiger partial charge in [-0.25, -0.2) is 0 Å². The zero-order chi connectivity index (χ0) is 12.8. The van der Waals surface area contributed by atoms with E-state index in [2.05, 4.69) is 11.8 Å². The third-order valence-corrected chi connectivity index (χ3v) is 3.26. The van der Waals surface area contributed by atoms with E-state index < -0.39 is 0 Å². The Labute approximate surface area is 113 Å². The predicted molar refractivity (Wildman–Crippen MR) is 77.0 cm³/mol. The SMILES string of the molecule is CCCCCCCCCN(CCCl)CCOC. The summed E-state index contributed by atoms with van der Waals surface area (Å²) >= 11 is 5.79. The third kappa shape index (κ3) is 12.5. The van der Waals surface area contributed by atoms with Gasteiger partial charge in [-0.2, -0.15) is 0 Å². The average molecular weight is 264 g/mol. The number of nitrogens with zero attached hydrogens (tertiary/aromatic N) is 1. The van der Waals surface area contributed by atoms with E-state index >= 15 is 0 Å². The Morgan fingerprint density at radius 2 is 1.53 bits per heavy atom. The van der Waals surface area contributed by atoms with E-state index in [1.807, 2.05) is 0 Å². The van der Waals surface area contributed by atoms with Crippen molar-refractivity contribution < 1.29 is 4.74 Å². The molecule has 0 aliphatic carbocycles. The van der Waals surface area contributed by atoms with Gasteiger partial charge in [0.05, 0.1) is 6.61 Å². The molecule has 0 aliphatic heterocycles. The number of ether oxygens (including phenoxy) is 1. The van der Waals surface area contributed by atoms with Crippen molar-refractivity contribution in [3.05, 3.63) is 0 Å². The quantitative estimate of drug-likeness (QED) is 0.369. The molecule has 0 aromatic carbocycles. The Morgan fingerprint density at radius 3 is 2.12 bits per heavy atom. The smallest absolute Gasteiger partial charge is 0.0589 e. The number of rotatable bonds is 13. The topological polar surface area (TPSA) is 12.5 Å². The van der Waals surface area contributed by atoms with E-state index in [1.165, 1.54) is 51.5 Å². The summed E-state index contributed by atoms with van der Waals surface area (Å²) in [5.74, 6) is 0.722. The summed E-state index contributed by atoms with van der Waals surface area (Å²) in [6, 6.07) is 0. The molecule has 0 aliphatic rings. The first-order valence-electron chi connectivity index (χ1n) is 7.12. The molecule has 0 rings (SSSR count). The minimum absolute atomic E-state index is 0.722. The second kappa shape index (κ2) is 14.3. The Hall–Kier alpha value is 0.210. The second-order valence-electron chi connectivity index (χ2n) is 4.64. The number of hydrogen-bond donors (Lipinski definition) is 0. The number of halogens is 1. The highest BCUT2D eigenvalue weighted by atomic mass is 35.5. The van der Waals surface area contributed by atoms with Crippen LogP contribution in [0.3, 0.4) is 0 Å². The van der Waals surface area contributed by atoms with Crippen molar-refractivity contribution in [3.8, 4) is 0 Å². The van der Waals surface area contributed by atoms with Crippen LogP contribution in [0.1, 0.15) is 51.9 Å². The van der Waals surface area contributed by atoms with Crippen LogP contribution < -0.4 is 0 Å². The molecule has 0 spiro atoms. The lowest BCUT2D eigenvalue weighted by atomic mass is 10.1. The molecule has 0 atom stereocenters. The predicted octanol–water partition coefficient (Wildman–Crippen LogP) is 3.92. The van der Waals surface area contributed by atoms with Gasteiger partial charge in [0.2, 0.25) is 0 Å². The molecule has 0 saturated carbocycles. The summed E-state index contributed by atoms with van der Waals surface area (Å²) in [5, 5.41) is 0. The molecular weight excluding hydrogens is 234 g/mol. The number of unbranched alkanes of at least 4 members (excludes halogenated alkanes) is 6. The summed E-state index contributed by atoms with van der Waals surface area (Å²) in [6.07, 6.45) is 9.58. The molecule has 0 unspecified atom stereocenters. The van der Waals surface area contributed by atoms with Crippen molar-refractivity contribution in [1.82, 2.24) is 4.90 Å². The molecule has 0 aromatic heterocycles. The standard InChI is InChI=1S/C14H30ClNO/c1-3-4-5-6-7-8-9-11-16(12-10-15)13-14-17-2/h3-14H2,1-2H3. The highest BCUT2D eigenvalue weighted by Crippen LogP contribution is 2.07. The molecule has 0 saturated heterocycles. The molecule has 0 heterocycles. The zero-order valence-corrected chi connectivity index (χ0v) is 12.5. The van der Waals surface area contributed by atoms with E-state index in [-0.39, 0.29) is 0 Å². The highest BCUT2D eigenvalue weighted by molar-refractivity contribution is 6.18. The van der Waals surface area contributed by atoms with Gasteiger partial charge < -0.3 is 4.74 Å². The van der Waals surface area contributed by atoms with Gasteiger partial charge in [-0.05, 0) is 13.0 Å². The van der Waals surface area contributed by atoms with Gasteiger partial charge in [0.25, 0.3) is 0 Å². The summed E-state index contributed by atoms with van der Waals surface area (Å²) in [4.78, 5) is 2.41. The van der Waals surface area contributed by atoms with Crippen molar-refractivity contribution >= 4 is 11.6 Å². The van der Waals surface area contributed by atoms with Crippen molar-refractivity contribution in [2.24, 2.45) is 0 Å². The maximum absolute atomic E-state index is 5.79. The molecule has 0 aromatic rings. The largest absolute Gasteiger partial charge is 0.383 e. The molecule has 0 N–H and O–H groups in total. The summed E-state index contributed by atoms with van der Waals surface area (Å²) in [5.41, 5.74) is 0. The summed E-state index contributed by atoms with van der Waals surface area (Å²) in [6.45, 7) is 6.25. The average Bonchev–Trinajstić information content (AvgIpc) is 2.34. The van der Waals surface area contributed by atoms with Crippen molar-refractivity contribution in [2.75, 3.05) is 39.2 Å². The maximum atomic E-state index is 5.79. The van der Waals surface area contributed by atoms with Crippen LogP contribution in [0.15, 0.2) is 0 Å². The minimum atomic E-state index is 0.722. The Kier molecular flexibility index (Phi) is 14.4. The molecule has 0 radical (unpaired) electrons. The molecule has 3 heteroatoms. The highest BCUT2D eigenvalue weighted by Gasteiger charge is 2.03. The minimum Gasteiger partial charge on any atom is -0.383 e. The summed E-state index contributed by atoms with van der Waals surface area (Å²) < 4.78 is 5.11. The first-order valence-corrected chi connectivity index (χ1v) is 7.65. The van der Waals surface area contributed by atoms with Crippen LogP contribution in [0.4, 0.5) is 0 Å². The Bertz CT molecular complexity index is 144. The van der Waals surface area contributed by atoms with E-state index in [0.717, 1.165) is 25.6 Å². The fourth-order valence-corrected chi connectivity index (χ4v) is 2.21. The van der Waals surface area contributed by atoms with Crippen molar-refractivity contribution in [1.29, 1.82) is 0 Å². The normalized spacial score (nSPS) is 11.3. The fraction of sp³-hybridized carbons (Fsp3) is 1.00. The van der Waals surface area contributed by atoms with Gasteiger partial charge in [-0.3, -0.25) is 4.90 Å². The Balaban J connectivity index is 3.34. The van der Waals surface area contributed by atoms with Gasteiger partial charge in [-0.1, -0.05) is 45.4 Å². The van der Waals surface area contributed by atoms with Crippen LogP contribution in [-0.4, -0.2) is 44.1 Å². The number of alkyl halides is 1. The molecule has 0 bridgehead atoms. The fourth-order valence-electron chi connectivity index (χ4n) is 1.97. The van der Waals surface area contributed by atoms with Crippen molar-refractivity contribution in [3.63, 3.8) is 0 Å². The lowest BCUT2D eigenvalue weighted by molar-refractivity contribution is 0.150. The van der Waals surface area contributed by atoms with Gasteiger partial charge >= 0.3 is 0 Å². The lowest BCUT2D eigenvalue weighted by Crippen LogP contribution is -2.30. The first-order chi connectivity index (χ1) is 8.35. The Morgan fingerprint density at radius 1 is 0.882 bits per heavy atom. The third-order valence-electron chi connectivity index (χ3n) is 3.09. The van der Waals surface area contributed by atoms with Gasteiger partial charge in [0.1, 0.15) is 0 Å². The molecule has 0 fully saturated rings. The molecule has 0 amide bonds.